The van der Waals surface area contributed by atoms with Gasteiger partial charge in [-0.15, -0.1) is 0 Å². The fourth-order valence-electron chi connectivity index (χ4n) is 7.10. The molecule has 3 heteroatoms. The zero-order chi connectivity index (χ0) is 25.6. The summed E-state index contributed by atoms with van der Waals surface area (Å²) >= 11 is 0. The molecule has 5 rings (SSSR count). The smallest absolute Gasteiger partial charge is 0.133 e. The Labute approximate surface area is 223 Å². The van der Waals surface area contributed by atoms with E-state index in [9.17, 15) is 4.79 Å². The summed E-state index contributed by atoms with van der Waals surface area (Å²) in [6, 6.07) is 17.7. The third kappa shape index (κ3) is 6.55. The van der Waals surface area contributed by atoms with E-state index in [0.717, 1.165) is 25.4 Å². The Morgan fingerprint density at radius 1 is 0.919 bits per heavy atom. The summed E-state index contributed by atoms with van der Waals surface area (Å²) in [7, 11) is 0. The second kappa shape index (κ2) is 12.4. The van der Waals surface area contributed by atoms with E-state index in [1.54, 1.807) is 0 Å². The Morgan fingerprint density at radius 3 is 2.43 bits per heavy atom. The molecule has 0 amide bonds. The second-order valence-electron chi connectivity index (χ2n) is 12.1. The summed E-state index contributed by atoms with van der Waals surface area (Å²) in [6.45, 7) is 4.07. The minimum absolute atomic E-state index is 0.109. The highest BCUT2D eigenvalue weighted by molar-refractivity contribution is 5.87. The van der Waals surface area contributed by atoms with Crippen molar-refractivity contribution in [3.05, 3.63) is 71.4 Å². The van der Waals surface area contributed by atoms with Crippen LogP contribution in [0.25, 0.3) is 10.9 Å². The molecule has 0 spiro atoms. The number of carbonyl (C=O) groups is 1. The number of benzene rings is 2. The molecule has 2 aliphatic carbocycles. The molecule has 2 saturated carbocycles. The molecule has 2 N–H and O–H groups in total. The van der Waals surface area contributed by atoms with Gasteiger partial charge in [-0.1, -0.05) is 80.1 Å². The number of carbonyl (C=O) groups excluding carboxylic acids is 1. The molecule has 3 aromatic rings. The zero-order valence-corrected chi connectivity index (χ0v) is 22.8. The molecule has 1 aromatic heterocycles. The van der Waals surface area contributed by atoms with E-state index in [-0.39, 0.29) is 5.92 Å². The molecule has 1 atom stereocenters. The normalized spacial score (nSPS) is 21.8. The third-order valence-corrected chi connectivity index (χ3v) is 9.38. The van der Waals surface area contributed by atoms with Crippen LogP contribution in [0, 0.1) is 24.7 Å². The van der Waals surface area contributed by atoms with E-state index in [4.69, 9.17) is 5.73 Å². The van der Waals surface area contributed by atoms with Crippen molar-refractivity contribution in [3.8, 4) is 0 Å². The van der Waals surface area contributed by atoms with Gasteiger partial charge in [-0.2, -0.15) is 0 Å². The highest BCUT2D eigenvalue weighted by Crippen LogP contribution is 2.38. The summed E-state index contributed by atoms with van der Waals surface area (Å²) in [5, 5.41) is 1.32. The number of nitrogens with zero attached hydrogens (tertiary/aromatic N) is 1. The van der Waals surface area contributed by atoms with Gasteiger partial charge in [0.1, 0.15) is 5.78 Å². The number of ketones is 1. The zero-order valence-electron chi connectivity index (χ0n) is 22.8. The Balaban J connectivity index is 1.38. The Hall–Kier alpha value is -2.39. The van der Waals surface area contributed by atoms with Crippen molar-refractivity contribution in [1.29, 1.82) is 0 Å². The summed E-state index contributed by atoms with van der Waals surface area (Å²) in [5.41, 5.74) is 11.1. The standard InChI is InChI=1S/C34H46N2O/c1-25-8-7-11-29(20-25)32(21-30(37)19-18-26-14-16-27(22-35)17-15-26)33-24-36(23-28-9-3-2-4-10-28)34-13-6-5-12-31(33)34/h5-8,11-13,20,24,26-28,32H,2-4,9-10,14-19,21-23,35H2,1H3. The van der Waals surface area contributed by atoms with Crippen molar-refractivity contribution < 1.29 is 4.79 Å². The number of aryl methyl sites for hydroxylation is 1. The van der Waals surface area contributed by atoms with Crippen LogP contribution in [0.15, 0.2) is 54.7 Å². The predicted octanol–water partition coefficient (Wildman–Crippen LogP) is 8.17. The van der Waals surface area contributed by atoms with E-state index in [1.165, 1.54) is 85.4 Å². The van der Waals surface area contributed by atoms with E-state index >= 15 is 0 Å². The van der Waals surface area contributed by atoms with Crippen molar-refractivity contribution in [2.75, 3.05) is 6.54 Å². The number of aromatic nitrogens is 1. The largest absolute Gasteiger partial charge is 0.347 e. The summed E-state index contributed by atoms with van der Waals surface area (Å²) in [6.07, 6.45) is 16.5. The van der Waals surface area contributed by atoms with Crippen molar-refractivity contribution in [1.82, 2.24) is 4.57 Å². The minimum Gasteiger partial charge on any atom is -0.347 e. The minimum atomic E-state index is 0.109. The summed E-state index contributed by atoms with van der Waals surface area (Å²) in [5.74, 6) is 2.69. The fraction of sp³-hybridized carbons (Fsp3) is 0.559. The van der Waals surface area contributed by atoms with Gasteiger partial charge in [-0.05, 0) is 80.5 Å². The molecule has 2 aromatic carbocycles. The number of Topliss-reactive ketones (excluding diaryl/α,β-unsaturated/α-hetero) is 1. The van der Waals surface area contributed by atoms with Crippen molar-refractivity contribution in [2.45, 2.75) is 96.4 Å². The monoisotopic (exact) mass is 498 g/mol. The molecule has 198 valence electrons. The lowest BCUT2D eigenvalue weighted by Crippen LogP contribution is -2.22. The topological polar surface area (TPSA) is 48.0 Å². The number of fused-ring (bicyclic) bond motifs is 1. The Morgan fingerprint density at radius 2 is 1.68 bits per heavy atom. The fourth-order valence-corrected chi connectivity index (χ4v) is 7.10. The highest BCUT2D eigenvalue weighted by Gasteiger charge is 2.25. The quantitative estimate of drug-likeness (QED) is 0.306. The molecule has 1 heterocycles. The molecular formula is C34H46N2O. The first-order valence-corrected chi connectivity index (χ1v) is 15.0. The van der Waals surface area contributed by atoms with Crippen molar-refractivity contribution in [2.24, 2.45) is 23.5 Å². The van der Waals surface area contributed by atoms with Gasteiger partial charge in [0.05, 0.1) is 0 Å². The molecule has 1 unspecified atom stereocenters. The lowest BCUT2D eigenvalue weighted by atomic mass is 9.79. The molecule has 37 heavy (non-hydrogen) atoms. The maximum atomic E-state index is 13.5. The Bertz CT molecular complexity index is 1160. The van der Waals surface area contributed by atoms with E-state index in [0.29, 0.717) is 30.5 Å². The van der Waals surface area contributed by atoms with Crippen LogP contribution in [0.4, 0.5) is 0 Å². The molecule has 0 bridgehead atoms. The molecule has 0 radical (unpaired) electrons. The summed E-state index contributed by atoms with van der Waals surface area (Å²) in [4.78, 5) is 13.5. The molecular weight excluding hydrogens is 452 g/mol. The summed E-state index contributed by atoms with van der Waals surface area (Å²) < 4.78 is 2.50. The van der Waals surface area contributed by atoms with E-state index in [2.05, 4.69) is 66.2 Å². The van der Waals surface area contributed by atoms with Crippen LogP contribution < -0.4 is 5.73 Å². The number of hydrogen-bond acceptors (Lipinski definition) is 2. The van der Waals surface area contributed by atoms with Crippen LogP contribution in [-0.2, 0) is 11.3 Å². The van der Waals surface area contributed by atoms with Crippen molar-refractivity contribution in [3.63, 3.8) is 0 Å². The van der Waals surface area contributed by atoms with Gasteiger partial charge >= 0.3 is 0 Å². The van der Waals surface area contributed by atoms with Gasteiger partial charge in [-0.25, -0.2) is 0 Å². The van der Waals surface area contributed by atoms with Crippen LogP contribution in [0.2, 0.25) is 0 Å². The van der Waals surface area contributed by atoms with Crippen LogP contribution >= 0.6 is 0 Å². The maximum absolute atomic E-state index is 13.5. The molecule has 0 aliphatic heterocycles. The SMILES string of the molecule is Cc1cccc(C(CC(=O)CCC2CCC(CN)CC2)c2cn(CC3CCCCC3)c3ccccc23)c1. The number of nitrogens with two attached hydrogens (primary N) is 1. The van der Waals surface area contributed by atoms with Gasteiger partial charge in [0.25, 0.3) is 0 Å². The van der Waals surface area contributed by atoms with Crippen LogP contribution in [-0.4, -0.2) is 16.9 Å². The van der Waals surface area contributed by atoms with Gasteiger partial charge in [0, 0.05) is 42.4 Å². The van der Waals surface area contributed by atoms with Crippen LogP contribution in [0.1, 0.15) is 99.7 Å². The predicted molar refractivity (Wildman–Crippen MR) is 155 cm³/mol. The average molecular weight is 499 g/mol. The first-order valence-electron chi connectivity index (χ1n) is 15.0. The third-order valence-electron chi connectivity index (χ3n) is 9.38. The molecule has 2 aliphatic rings. The lowest BCUT2D eigenvalue weighted by Gasteiger charge is -2.27. The van der Waals surface area contributed by atoms with E-state index < -0.39 is 0 Å². The highest BCUT2D eigenvalue weighted by atomic mass is 16.1. The molecule has 3 nitrogen and oxygen atoms in total. The van der Waals surface area contributed by atoms with Crippen LogP contribution in [0.3, 0.4) is 0 Å². The van der Waals surface area contributed by atoms with Crippen LogP contribution in [0.5, 0.6) is 0 Å². The van der Waals surface area contributed by atoms with Gasteiger partial charge < -0.3 is 10.3 Å². The first kappa shape index (κ1) is 26.2. The van der Waals surface area contributed by atoms with E-state index in [1.807, 2.05) is 0 Å². The lowest BCUT2D eigenvalue weighted by molar-refractivity contribution is -0.119. The maximum Gasteiger partial charge on any atom is 0.133 e. The van der Waals surface area contributed by atoms with Gasteiger partial charge in [0.2, 0.25) is 0 Å². The molecule has 0 saturated heterocycles. The number of para-hydroxylation sites is 1. The van der Waals surface area contributed by atoms with Crippen molar-refractivity contribution >= 4 is 16.7 Å². The second-order valence-corrected chi connectivity index (χ2v) is 12.1. The van der Waals surface area contributed by atoms with Gasteiger partial charge in [-0.3, -0.25) is 4.79 Å². The first-order chi connectivity index (χ1) is 18.1. The number of hydrogen-bond donors (Lipinski definition) is 1. The molecule has 2 fully saturated rings. The van der Waals surface area contributed by atoms with Gasteiger partial charge in [0.15, 0.2) is 0 Å². The Kier molecular flexibility index (Phi) is 8.81. The average Bonchev–Trinajstić information content (AvgIpc) is 3.29. The number of rotatable bonds is 10.